The predicted octanol–water partition coefficient (Wildman–Crippen LogP) is -0.374. The van der Waals surface area contributed by atoms with Gasteiger partial charge >= 0.3 is 0 Å². The molecule has 2 unspecified atom stereocenters. The van der Waals surface area contributed by atoms with E-state index in [1.54, 1.807) is 0 Å². The maximum atomic E-state index is 11.5. The maximum absolute atomic E-state index is 11.5. The average Bonchev–Trinajstić information content (AvgIpc) is 2.55. The molecule has 4 nitrogen and oxygen atoms in total. The van der Waals surface area contributed by atoms with Gasteiger partial charge in [0.05, 0.1) is 6.04 Å². The standard InChI is InChI=1S/C9H18N2O2/c1-7(4-6-12)11-9(13)8-3-2-5-10-8/h7-8,10,12H,2-6H2,1H3,(H,11,13). The van der Waals surface area contributed by atoms with E-state index < -0.39 is 0 Å². The third-order valence-corrected chi connectivity index (χ3v) is 2.33. The lowest BCUT2D eigenvalue weighted by molar-refractivity contribution is -0.123. The first kappa shape index (κ1) is 10.5. The minimum absolute atomic E-state index is 0.0128. The second-order valence-corrected chi connectivity index (χ2v) is 3.57. The van der Waals surface area contributed by atoms with E-state index in [2.05, 4.69) is 10.6 Å². The number of carbonyl (C=O) groups is 1. The summed E-state index contributed by atoms with van der Waals surface area (Å²) in [5, 5.41) is 14.6. The molecule has 0 aromatic rings. The number of hydrogen-bond acceptors (Lipinski definition) is 3. The van der Waals surface area contributed by atoms with Crippen molar-refractivity contribution in [2.75, 3.05) is 13.2 Å². The minimum atomic E-state index is -0.0128. The molecule has 1 saturated heterocycles. The number of aliphatic hydroxyl groups excluding tert-OH is 1. The van der Waals surface area contributed by atoms with Crippen molar-refractivity contribution in [3.8, 4) is 0 Å². The van der Waals surface area contributed by atoms with Crippen LogP contribution in [0.25, 0.3) is 0 Å². The Morgan fingerprint density at radius 2 is 2.54 bits per heavy atom. The van der Waals surface area contributed by atoms with E-state index in [1.807, 2.05) is 6.92 Å². The molecular formula is C9H18N2O2. The number of aliphatic hydroxyl groups is 1. The van der Waals surface area contributed by atoms with E-state index in [0.717, 1.165) is 19.4 Å². The van der Waals surface area contributed by atoms with Crippen LogP contribution >= 0.6 is 0 Å². The van der Waals surface area contributed by atoms with Crippen molar-refractivity contribution in [1.82, 2.24) is 10.6 Å². The van der Waals surface area contributed by atoms with E-state index >= 15 is 0 Å². The Kier molecular flexibility index (Phi) is 4.18. The molecule has 0 bridgehead atoms. The molecule has 0 saturated carbocycles. The molecule has 2 atom stereocenters. The second kappa shape index (κ2) is 5.19. The van der Waals surface area contributed by atoms with Crippen LogP contribution in [0, 0.1) is 0 Å². The molecule has 3 N–H and O–H groups in total. The molecule has 1 amide bonds. The Balaban J connectivity index is 2.23. The summed E-state index contributed by atoms with van der Waals surface area (Å²) in [6.45, 7) is 2.97. The molecular weight excluding hydrogens is 168 g/mol. The second-order valence-electron chi connectivity index (χ2n) is 3.57. The van der Waals surface area contributed by atoms with Crippen LogP contribution in [0.1, 0.15) is 26.2 Å². The average molecular weight is 186 g/mol. The smallest absolute Gasteiger partial charge is 0.237 e. The first-order valence-electron chi connectivity index (χ1n) is 4.88. The Labute approximate surface area is 78.7 Å². The van der Waals surface area contributed by atoms with Gasteiger partial charge in [0.1, 0.15) is 0 Å². The molecule has 0 aromatic heterocycles. The van der Waals surface area contributed by atoms with Crippen LogP contribution in [0.5, 0.6) is 0 Å². The van der Waals surface area contributed by atoms with Crippen molar-refractivity contribution in [1.29, 1.82) is 0 Å². The molecule has 1 fully saturated rings. The predicted molar refractivity (Wildman–Crippen MR) is 50.3 cm³/mol. The third kappa shape index (κ3) is 3.32. The lowest BCUT2D eigenvalue weighted by Gasteiger charge is -2.16. The van der Waals surface area contributed by atoms with Gasteiger partial charge in [-0.05, 0) is 32.7 Å². The molecule has 1 rings (SSSR count). The van der Waals surface area contributed by atoms with Gasteiger partial charge in [0.2, 0.25) is 5.91 Å². The van der Waals surface area contributed by atoms with Gasteiger partial charge < -0.3 is 15.7 Å². The van der Waals surface area contributed by atoms with Crippen LogP contribution in [0.15, 0.2) is 0 Å². The summed E-state index contributed by atoms with van der Waals surface area (Å²) in [5.41, 5.74) is 0. The number of amides is 1. The van der Waals surface area contributed by atoms with Crippen molar-refractivity contribution in [3.63, 3.8) is 0 Å². The third-order valence-electron chi connectivity index (χ3n) is 2.33. The van der Waals surface area contributed by atoms with Gasteiger partial charge in [-0.3, -0.25) is 4.79 Å². The van der Waals surface area contributed by atoms with Crippen molar-refractivity contribution in [2.24, 2.45) is 0 Å². The zero-order valence-electron chi connectivity index (χ0n) is 8.05. The topological polar surface area (TPSA) is 61.4 Å². The molecule has 13 heavy (non-hydrogen) atoms. The van der Waals surface area contributed by atoms with Crippen molar-refractivity contribution in [3.05, 3.63) is 0 Å². The molecule has 76 valence electrons. The van der Waals surface area contributed by atoms with Gasteiger partial charge in [-0.15, -0.1) is 0 Å². The van der Waals surface area contributed by atoms with E-state index in [9.17, 15) is 4.79 Å². The summed E-state index contributed by atoms with van der Waals surface area (Å²) in [5.74, 6) is 0.0680. The monoisotopic (exact) mass is 186 g/mol. The molecule has 0 radical (unpaired) electrons. The van der Waals surface area contributed by atoms with Crippen LogP contribution in [0.2, 0.25) is 0 Å². The Morgan fingerprint density at radius 3 is 3.08 bits per heavy atom. The number of rotatable bonds is 4. The number of hydrogen-bond donors (Lipinski definition) is 3. The van der Waals surface area contributed by atoms with Gasteiger partial charge in [0, 0.05) is 12.6 Å². The Morgan fingerprint density at radius 1 is 1.77 bits per heavy atom. The first-order valence-corrected chi connectivity index (χ1v) is 4.88. The Bertz CT molecular complexity index is 167. The van der Waals surface area contributed by atoms with Crippen LogP contribution in [0.4, 0.5) is 0 Å². The fourth-order valence-electron chi connectivity index (χ4n) is 1.52. The van der Waals surface area contributed by atoms with Crippen molar-refractivity contribution in [2.45, 2.75) is 38.3 Å². The van der Waals surface area contributed by atoms with Gasteiger partial charge in [0.15, 0.2) is 0 Å². The quantitative estimate of drug-likeness (QED) is 0.561. The molecule has 0 aromatic carbocycles. The molecule has 1 heterocycles. The highest BCUT2D eigenvalue weighted by atomic mass is 16.3. The van der Waals surface area contributed by atoms with Crippen molar-refractivity contribution < 1.29 is 9.90 Å². The molecule has 0 aliphatic carbocycles. The highest BCUT2D eigenvalue weighted by molar-refractivity contribution is 5.82. The highest BCUT2D eigenvalue weighted by Crippen LogP contribution is 2.05. The van der Waals surface area contributed by atoms with Gasteiger partial charge in [-0.1, -0.05) is 0 Å². The summed E-state index contributed by atoms with van der Waals surface area (Å²) < 4.78 is 0. The lowest BCUT2D eigenvalue weighted by atomic mass is 10.2. The highest BCUT2D eigenvalue weighted by Gasteiger charge is 2.22. The summed E-state index contributed by atoms with van der Waals surface area (Å²) in [4.78, 5) is 11.5. The maximum Gasteiger partial charge on any atom is 0.237 e. The summed E-state index contributed by atoms with van der Waals surface area (Å²) in [7, 11) is 0. The summed E-state index contributed by atoms with van der Waals surface area (Å²) in [6.07, 6.45) is 2.63. The number of nitrogens with one attached hydrogen (secondary N) is 2. The van der Waals surface area contributed by atoms with Crippen LogP contribution in [-0.4, -0.2) is 36.2 Å². The molecule has 4 heteroatoms. The van der Waals surface area contributed by atoms with E-state index in [4.69, 9.17) is 5.11 Å². The summed E-state index contributed by atoms with van der Waals surface area (Å²) in [6, 6.07) is 0.0565. The zero-order chi connectivity index (χ0) is 9.68. The zero-order valence-corrected chi connectivity index (χ0v) is 8.05. The van der Waals surface area contributed by atoms with Crippen LogP contribution in [0.3, 0.4) is 0 Å². The van der Waals surface area contributed by atoms with Gasteiger partial charge in [-0.25, -0.2) is 0 Å². The summed E-state index contributed by atoms with van der Waals surface area (Å²) >= 11 is 0. The molecule has 1 aliphatic rings. The largest absolute Gasteiger partial charge is 0.396 e. The molecule has 1 aliphatic heterocycles. The van der Waals surface area contributed by atoms with Crippen LogP contribution in [-0.2, 0) is 4.79 Å². The normalized spacial score (nSPS) is 24.3. The Hall–Kier alpha value is -0.610. The fraction of sp³-hybridized carbons (Fsp3) is 0.889. The first-order chi connectivity index (χ1) is 6.24. The van der Waals surface area contributed by atoms with Crippen molar-refractivity contribution >= 4 is 5.91 Å². The number of carbonyl (C=O) groups excluding carboxylic acids is 1. The SMILES string of the molecule is CC(CCO)NC(=O)C1CCCN1. The van der Waals surface area contributed by atoms with E-state index in [-0.39, 0.29) is 24.6 Å². The van der Waals surface area contributed by atoms with E-state index in [0.29, 0.717) is 6.42 Å². The van der Waals surface area contributed by atoms with E-state index in [1.165, 1.54) is 0 Å². The minimum Gasteiger partial charge on any atom is -0.396 e. The molecule has 0 spiro atoms. The van der Waals surface area contributed by atoms with Crippen LogP contribution < -0.4 is 10.6 Å². The van der Waals surface area contributed by atoms with Gasteiger partial charge in [0.25, 0.3) is 0 Å². The lowest BCUT2D eigenvalue weighted by Crippen LogP contribution is -2.44. The fourth-order valence-corrected chi connectivity index (χ4v) is 1.52. The van der Waals surface area contributed by atoms with Gasteiger partial charge in [-0.2, -0.15) is 0 Å².